The van der Waals surface area contributed by atoms with Gasteiger partial charge in [-0.25, -0.2) is 4.39 Å². The van der Waals surface area contributed by atoms with Crippen molar-refractivity contribution < 1.29 is 4.39 Å². The van der Waals surface area contributed by atoms with Crippen LogP contribution >= 0.6 is 0 Å². The normalized spacial score (nSPS) is 12.6. The van der Waals surface area contributed by atoms with Gasteiger partial charge in [0, 0.05) is 18.9 Å². The van der Waals surface area contributed by atoms with E-state index in [-0.39, 0.29) is 5.82 Å². The molecule has 0 amide bonds. The van der Waals surface area contributed by atoms with Crippen LogP contribution in [0.5, 0.6) is 0 Å². The summed E-state index contributed by atoms with van der Waals surface area (Å²) in [5, 5.41) is 0. The lowest BCUT2D eigenvalue weighted by molar-refractivity contribution is 0.627. The number of rotatable bonds is 5. The maximum absolute atomic E-state index is 13.1. The van der Waals surface area contributed by atoms with E-state index >= 15 is 0 Å². The molecule has 18 heavy (non-hydrogen) atoms. The second-order valence-corrected chi connectivity index (χ2v) is 3.91. The maximum Gasteiger partial charge on any atom is 0.125 e. The van der Waals surface area contributed by atoms with Crippen LogP contribution in [0.4, 0.5) is 10.1 Å². The fraction of sp³-hybridized carbons (Fsp3) is 0.267. The molecule has 1 aromatic carbocycles. The Labute approximate surface area is 108 Å². The van der Waals surface area contributed by atoms with Gasteiger partial charge in [-0.1, -0.05) is 18.2 Å². The first-order chi connectivity index (χ1) is 8.67. The highest BCUT2D eigenvalue weighted by Crippen LogP contribution is 2.15. The Morgan fingerprint density at radius 1 is 1.39 bits per heavy atom. The van der Waals surface area contributed by atoms with E-state index < -0.39 is 0 Å². The Morgan fingerprint density at radius 2 is 2.17 bits per heavy atom. The van der Waals surface area contributed by atoms with Crippen LogP contribution in [0.3, 0.4) is 0 Å². The molecule has 96 valence electrons. The zero-order valence-corrected chi connectivity index (χ0v) is 11.1. The molecule has 3 heteroatoms. The summed E-state index contributed by atoms with van der Waals surface area (Å²) in [5.41, 5.74) is 1.77. The number of benzene rings is 1. The smallest absolute Gasteiger partial charge is 0.125 e. The Bertz CT molecular complexity index is 461. The van der Waals surface area contributed by atoms with E-state index in [9.17, 15) is 4.39 Å². The zero-order chi connectivity index (χ0) is 13.4. The van der Waals surface area contributed by atoms with Crippen molar-refractivity contribution in [3.63, 3.8) is 0 Å². The summed E-state index contributed by atoms with van der Waals surface area (Å²) in [6.45, 7) is 4.48. The van der Waals surface area contributed by atoms with E-state index in [1.807, 2.05) is 50.1 Å². The number of aliphatic imine (C=N–C) groups is 1. The van der Waals surface area contributed by atoms with Gasteiger partial charge in [-0.05, 0) is 38.1 Å². The van der Waals surface area contributed by atoms with Gasteiger partial charge in [0.25, 0.3) is 0 Å². The van der Waals surface area contributed by atoms with Crippen molar-refractivity contribution in [3.05, 3.63) is 54.0 Å². The molecule has 0 fully saturated rings. The number of hydrogen-bond donors (Lipinski definition) is 0. The molecule has 2 nitrogen and oxygen atoms in total. The summed E-state index contributed by atoms with van der Waals surface area (Å²) in [5.74, 6) is -0.225. The molecule has 0 bridgehead atoms. The third kappa shape index (κ3) is 4.53. The van der Waals surface area contributed by atoms with Crippen molar-refractivity contribution >= 4 is 11.9 Å². The van der Waals surface area contributed by atoms with Gasteiger partial charge in [0.15, 0.2) is 0 Å². The lowest BCUT2D eigenvalue weighted by Gasteiger charge is -2.19. The molecule has 0 saturated heterocycles. The predicted octanol–water partition coefficient (Wildman–Crippen LogP) is 3.81. The zero-order valence-electron chi connectivity index (χ0n) is 11.1. The van der Waals surface area contributed by atoms with Crippen molar-refractivity contribution in [3.8, 4) is 0 Å². The van der Waals surface area contributed by atoms with Gasteiger partial charge in [0.1, 0.15) is 5.82 Å². The highest BCUT2D eigenvalue weighted by Gasteiger charge is 2.03. The second kappa shape index (κ2) is 7.43. The number of anilines is 1. The molecule has 0 unspecified atom stereocenters. The average Bonchev–Trinajstić information content (AvgIpc) is 2.36. The van der Waals surface area contributed by atoms with Crippen LogP contribution in [0.15, 0.2) is 53.2 Å². The quantitative estimate of drug-likeness (QED) is 0.569. The highest BCUT2D eigenvalue weighted by atomic mass is 19.1. The van der Waals surface area contributed by atoms with Crippen LogP contribution in [0.1, 0.15) is 13.8 Å². The number of halogens is 1. The van der Waals surface area contributed by atoms with Gasteiger partial charge >= 0.3 is 0 Å². The van der Waals surface area contributed by atoms with E-state index in [0.717, 1.165) is 11.4 Å². The van der Waals surface area contributed by atoms with Crippen LogP contribution in [0.2, 0.25) is 0 Å². The Kier molecular flexibility index (Phi) is 5.85. The summed E-state index contributed by atoms with van der Waals surface area (Å²) >= 11 is 0. The predicted molar refractivity (Wildman–Crippen MR) is 76.7 cm³/mol. The molecule has 0 radical (unpaired) electrons. The van der Waals surface area contributed by atoms with E-state index in [1.165, 1.54) is 12.1 Å². The van der Waals surface area contributed by atoms with Crippen molar-refractivity contribution in [2.24, 2.45) is 4.99 Å². The summed E-state index contributed by atoms with van der Waals surface area (Å²) in [7, 11) is 1.92. The first kappa shape index (κ1) is 14.2. The summed E-state index contributed by atoms with van der Waals surface area (Å²) in [4.78, 5) is 6.26. The second-order valence-electron chi connectivity index (χ2n) is 3.91. The molecule has 0 N–H and O–H groups in total. The molecule has 0 saturated carbocycles. The largest absolute Gasteiger partial charge is 0.369 e. The van der Waals surface area contributed by atoms with E-state index in [1.54, 1.807) is 12.3 Å². The minimum absolute atomic E-state index is 0.225. The molecular weight excluding hydrogens is 227 g/mol. The van der Waals surface area contributed by atoms with Gasteiger partial charge in [0.2, 0.25) is 0 Å². The summed E-state index contributed by atoms with van der Waals surface area (Å²) < 4.78 is 13.1. The van der Waals surface area contributed by atoms with Crippen molar-refractivity contribution in [2.75, 3.05) is 18.5 Å². The molecule has 0 atom stereocenters. The first-order valence-corrected chi connectivity index (χ1v) is 5.94. The fourth-order valence-electron chi connectivity index (χ4n) is 1.56. The van der Waals surface area contributed by atoms with Gasteiger partial charge < -0.3 is 4.90 Å². The summed E-state index contributed by atoms with van der Waals surface area (Å²) in [6, 6.07) is 6.55. The summed E-state index contributed by atoms with van der Waals surface area (Å²) in [6.07, 6.45) is 7.61. The molecule has 0 heterocycles. The SMILES string of the molecule is CC=N/C(=C\C=C\C)CN(C)c1cccc(F)c1. The van der Waals surface area contributed by atoms with E-state index in [0.29, 0.717) is 6.54 Å². The molecule has 0 aromatic heterocycles. The molecular formula is C15H19FN2. The number of hydrogen-bond acceptors (Lipinski definition) is 2. The third-order valence-corrected chi connectivity index (χ3v) is 2.42. The van der Waals surface area contributed by atoms with Gasteiger partial charge in [-0.15, -0.1) is 0 Å². The third-order valence-electron chi connectivity index (χ3n) is 2.42. The Balaban J connectivity index is 2.81. The lowest BCUT2D eigenvalue weighted by Crippen LogP contribution is -2.19. The molecule has 1 aromatic rings. The van der Waals surface area contributed by atoms with Gasteiger partial charge in [0.05, 0.1) is 12.2 Å². The molecule has 0 aliphatic carbocycles. The first-order valence-electron chi connectivity index (χ1n) is 5.94. The van der Waals surface area contributed by atoms with Crippen molar-refractivity contribution in [2.45, 2.75) is 13.8 Å². The average molecular weight is 246 g/mol. The van der Waals surface area contributed by atoms with Gasteiger partial charge in [-0.3, -0.25) is 4.99 Å². The number of nitrogens with zero attached hydrogens (tertiary/aromatic N) is 2. The minimum Gasteiger partial charge on any atom is -0.369 e. The van der Waals surface area contributed by atoms with Crippen LogP contribution in [0, 0.1) is 5.82 Å². The van der Waals surface area contributed by atoms with Crippen LogP contribution in [-0.4, -0.2) is 19.8 Å². The standard InChI is InChI=1S/C15H19FN2/c1-4-6-9-14(17-5-2)12-18(3)15-10-7-8-13(16)11-15/h4-11H,12H2,1-3H3/b6-4+,14-9-,17-5?. The van der Waals surface area contributed by atoms with Gasteiger partial charge in [-0.2, -0.15) is 0 Å². The fourth-order valence-corrected chi connectivity index (χ4v) is 1.56. The maximum atomic E-state index is 13.1. The Hall–Kier alpha value is -1.90. The topological polar surface area (TPSA) is 15.6 Å². The monoisotopic (exact) mass is 246 g/mol. The van der Waals surface area contributed by atoms with Crippen molar-refractivity contribution in [1.82, 2.24) is 0 Å². The Morgan fingerprint density at radius 3 is 2.78 bits per heavy atom. The highest BCUT2D eigenvalue weighted by molar-refractivity contribution is 5.56. The number of allylic oxidation sites excluding steroid dienone is 3. The molecule has 0 spiro atoms. The molecule has 0 aliphatic rings. The number of likely N-dealkylation sites (N-methyl/N-ethyl adjacent to an activating group) is 1. The van der Waals surface area contributed by atoms with Crippen LogP contribution in [-0.2, 0) is 0 Å². The van der Waals surface area contributed by atoms with E-state index in [4.69, 9.17) is 0 Å². The van der Waals surface area contributed by atoms with Crippen molar-refractivity contribution in [1.29, 1.82) is 0 Å². The minimum atomic E-state index is -0.225. The van der Waals surface area contributed by atoms with Crippen LogP contribution in [0.25, 0.3) is 0 Å². The lowest BCUT2D eigenvalue weighted by atomic mass is 10.2. The van der Waals surface area contributed by atoms with Crippen LogP contribution < -0.4 is 4.90 Å². The van der Waals surface area contributed by atoms with E-state index in [2.05, 4.69) is 4.99 Å². The molecule has 0 aliphatic heterocycles. The molecule has 1 rings (SSSR count).